The molecule has 0 atom stereocenters. The fourth-order valence-corrected chi connectivity index (χ4v) is 6.36. The lowest BCUT2D eigenvalue weighted by Crippen LogP contribution is -2.48. The van der Waals surface area contributed by atoms with Crippen molar-refractivity contribution in [1.82, 2.24) is 24.1 Å². The monoisotopic (exact) mass is 432 g/mol. The third-order valence-electron chi connectivity index (χ3n) is 4.91. The highest BCUT2D eigenvalue weighted by Gasteiger charge is 2.30. The molecule has 4 heterocycles. The lowest BCUT2D eigenvalue weighted by molar-refractivity contribution is 0.384. The largest absolute Gasteiger partial charge is 0.354 e. The number of aryl methyl sites for hydroxylation is 4. The van der Waals surface area contributed by atoms with Crippen molar-refractivity contribution in [3.8, 4) is 5.82 Å². The quantitative estimate of drug-likeness (QED) is 0.630. The highest BCUT2D eigenvalue weighted by Crippen LogP contribution is 2.26. The van der Waals surface area contributed by atoms with Gasteiger partial charge in [0.05, 0.1) is 5.69 Å². The van der Waals surface area contributed by atoms with Crippen LogP contribution in [0.1, 0.15) is 22.1 Å². The van der Waals surface area contributed by atoms with Crippen LogP contribution in [0.2, 0.25) is 0 Å². The van der Waals surface area contributed by atoms with Crippen LogP contribution in [0.15, 0.2) is 28.5 Å². The minimum absolute atomic E-state index is 0.410. The number of rotatable bonds is 4. The molecule has 0 aliphatic carbocycles. The van der Waals surface area contributed by atoms with Crippen molar-refractivity contribution in [2.75, 3.05) is 31.1 Å². The van der Waals surface area contributed by atoms with Crippen molar-refractivity contribution >= 4 is 27.2 Å². The Kier molecular flexibility index (Phi) is 5.18. The van der Waals surface area contributed by atoms with Gasteiger partial charge >= 0.3 is 0 Å². The van der Waals surface area contributed by atoms with E-state index in [2.05, 4.69) is 20.0 Å². The number of thiophene rings is 1. The number of hydrogen-bond donors (Lipinski definition) is 0. The van der Waals surface area contributed by atoms with Crippen LogP contribution in [0.4, 0.5) is 5.82 Å². The maximum atomic E-state index is 12.9. The van der Waals surface area contributed by atoms with Gasteiger partial charge in [-0.2, -0.15) is 9.40 Å². The van der Waals surface area contributed by atoms with Crippen LogP contribution in [0.5, 0.6) is 0 Å². The first kappa shape index (κ1) is 20.0. The molecule has 1 aliphatic heterocycles. The molecule has 0 radical (unpaired) electrons. The van der Waals surface area contributed by atoms with Crippen LogP contribution in [0, 0.1) is 27.7 Å². The second kappa shape index (κ2) is 7.51. The SMILES string of the molecule is Cc1cc(C)n(-c2cc(N3CCN(S(=O)(=O)c4ccc(C)s4)CC3)nc(C)n2)n1. The van der Waals surface area contributed by atoms with E-state index in [1.807, 2.05) is 50.6 Å². The van der Waals surface area contributed by atoms with E-state index in [0.717, 1.165) is 27.9 Å². The van der Waals surface area contributed by atoms with E-state index < -0.39 is 10.0 Å². The summed E-state index contributed by atoms with van der Waals surface area (Å²) >= 11 is 1.32. The Balaban J connectivity index is 1.54. The molecular formula is C19H24N6O2S2. The minimum atomic E-state index is -3.43. The summed E-state index contributed by atoms with van der Waals surface area (Å²) in [4.78, 5) is 12.2. The Morgan fingerprint density at radius 3 is 2.21 bits per heavy atom. The number of sulfonamides is 1. The van der Waals surface area contributed by atoms with Crippen molar-refractivity contribution in [2.45, 2.75) is 31.9 Å². The van der Waals surface area contributed by atoms with E-state index in [0.29, 0.717) is 36.2 Å². The molecule has 1 saturated heterocycles. The van der Waals surface area contributed by atoms with E-state index >= 15 is 0 Å². The molecule has 0 bridgehead atoms. The number of anilines is 1. The standard InChI is InChI=1S/C19H24N6O2S2/c1-13-11-14(2)25(22-13)18-12-17(20-16(4)21-18)23-7-9-24(10-8-23)29(26,27)19-6-5-15(3)28-19/h5-6,11-12H,7-10H2,1-4H3. The molecule has 0 spiro atoms. The van der Waals surface area contributed by atoms with Gasteiger partial charge in [0.1, 0.15) is 15.9 Å². The lowest BCUT2D eigenvalue weighted by atomic mass is 10.3. The highest BCUT2D eigenvalue weighted by atomic mass is 32.2. The van der Waals surface area contributed by atoms with E-state index in [1.54, 1.807) is 10.4 Å². The molecule has 4 rings (SSSR count). The summed E-state index contributed by atoms with van der Waals surface area (Å²) in [6.07, 6.45) is 0. The predicted molar refractivity (Wildman–Crippen MR) is 113 cm³/mol. The zero-order valence-corrected chi connectivity index (χ0v) is 18.6. The number of aromatic nitrogens is 4. The summed E-state index contributed by atoms with van der Waals surface area (Å²) in [5, 5.41) is 4.51. The number of piperazine rings is 1. The minimum Gasteiger partial charge on any atom is -0.354 e. The summed E-state index contributed by atoms with van der Waals surface area (Å²) in [7, 11) is -3.43. The summed E-state index contributed by atoms with van der Waals surface area (Å²) in [5.74, 6) is 2.18. The van der Waals surface area contributed by atoms with Gasteiger partial charge in [-0.25, -0.2) is 23.1 Å². The molecule has 29 heavy (non-hydrogen) atoms. The van der Waals surface area contributed by atoms with Crippen molar-refractivity contribution in [3.05, 3.63) is 46.4 Å². The van der Waals surface area contributed by atoms with Gasteiger partial charge < -0.3 is 4.90 Å². The van der Waals surface area contributed by atoms with Crippen molar-refractivity contribution < 1.29 is 8.42 Å². The first-order valence-electron chi connectivity index (χ1n) is 9.45. The Morgan fingerprint density at radius 2 is 1.62 bits per heavy atom. The van der Waals surface area contributed by atoms with Crippen LogP contribution in [-0.2, 0) is 10.0 Å². The van der Waals surface area contributed by atoms with Crippen LogP contribution < -0.4 is 4.90 Å². The van der Waals surface area contributed by atoms with Crippen LogP contribution in [0.25, 0.3) is 5.82 Å². The molecule has 0 N–H and O–H groups in total. The second-order valence-corrected chi connectivity index (χ2v) is 10.7. The molecule has 0 aromatic carbocycles. The van der Waals surface area contributed by atoms with Crippen LogP contribution >= 0.6 is 11.3 Å². The fraction of sp³-hybridized carbons (Fsp3) is 0.421. The maximum Gasteiger partial charge on any atom is 0.252 e. The Hall–Kier alpha value is -2.30. The third-order valence-corrected chi connectivity index (χ3v) is 8.28. The van der Waals surface area contributed by atoms with Crippen LogP contribution in [-0.4, -0.2) is 58.7 Å². The predicted octanol–water partition coefficient (Wildman–Crippen LogP) is 2.47. The molecule has 154 valence electrons. The molecule has 1 fully saturated rings. The molecule has 0 saturated carbocycles. The summed E-state index contributed by atoms with van der Waals surface area (Å²) < 4.78 is 29.5. The molecule has 3 aromatic heterocycles. The number of hydrogen-bond acceptors (Lipinski definition) is 7. The van der Waals surface area contributed by atoms with Crippen molar-refractivity contribution in [1.29, 1.82) is 0 Å². The normalized spacial score (nSPS) is 15.8. The Labute approximate surface area is 174 Å². The van der Waals surface area contributed by atoms with E-state index in [9.17, 15) is 8.42 Å². The molecule has 1 aliphatic rings. The molecular weight excluding hydrogens is 408 g/mol. The van der Waals surface area contributed by atoms with Gasteiger partial charge in [-0.05, 0) is 45.9 Å². The lowest BCUT2D eigenvalue weighted by Gasteiger charge is -2.34. The van der Waals surface area contributed by atoms with Gasteiger partial charge in [-0.3, -0.25) is 0 Å². The Bertz CT molecular complexity index is 1140. The smallest absolute Gasteiger partial charge is 0.252 e. The molecule has 8 nitrogen and oxygen atoms in total. The zero-order valence-electron chi connectivity index (χ0n) is 17.0. The average Bonchev–Trinajstić information content (AvgIpc) is 3.26. The Morgan fingerprint density at radius 1 is 0.931 bits per heavy atom. The van der Waals surface area contributed by atoms with Gasteiger partial charge in [0.25, 0.3) is 10.0 Å². The molecule has 0 amide bonds. The summed E-state index contributed by atoms with van der Waals surface area (Å²) in [6, 6.07) is 7.46. The highest BCUT2D eigenvalue weighted by molar-refractivity contribution is 7.91. The van der Waals surface area contributed by atoms with E-state index in [-0.39, 0.29) is 0 Å². The van der Waals surface area contributed by atoms with E-state index in [1.165, 1.54) is 11.3 Å². The fourth-order valence-electron chi connectivity index (χ4n) is 3.50. The topological polar surface area (TPSA) is 84.2 Å². The van der Waals surface area contributed by atoms with Gasteiger partial charge in [0, 0.05) is 42.8 Å². The summed E-state index contributed by atoms with van der Waals surface area (Å²) in [6.45, 7) is 9.74. The molecule has 3 aromatic rings. The van der Waals surface area contributed by atoms with Crippen LogP contribution in [0.3, 0.4) is 0 Å². The van der Waals surface area contributed by atoms with Gasteiger partial charge in [-0.15, -0.1) is 11.3 Å². The van der Waals surface area contributed by atoms with Crippen molar-refractivity contribution in [3.63, 3.8) is 0 Å². The van der Waals surface area contributed by atoms with Gasteiger partial charge in [0.2, 0.25) is 0 Å². The van der Waals surface area contributed by atoms with E-state index in [4.69, 9.17) is 0 Å². The van der Waals surface area contributed by atoms with Crippen molar-refractivity contribution in [2.24, 2.45) is 0 Å². The zero-order chi connectivity index (χ0) is 20.8. The summed E-state index contributed by atoms with van der Waals surface area (Å²) in [5.41, 5.74) is 1.94. The first-order chi connectivity index (χ1) is 13.7. The second-order valence-electron chi connectivity index (χ2n) is 7.23. The third kappa shape index (κ3) is 3.92. The maximum absolute atomic E-state index is 12.9. The average molecular weight is 433 g/mol. The first-order valence-corrected chi connectivity index (χ1v) is 11.7. The molecule has 10 heteroatoms. The van der Waals surface area contributed by atoms with Gasteiger partial charge in [0.15, 0.2) is 5.82 Å². The van der Waals surface area contributed by atoms with Gasteiger partial charge in [-0.1, -0.05) is 0 Å². The molecule has 0 unspecified atom stereocenters. The number of nitrogens with zero attached hydrogens (tertiary/aromatic N) is 6.